The van der Waals surface area contributed by atoms with Gasteiger partial charge in [0.25, 0.3) is 5.56 Å². The molecule has 7 nitrogen and oxygen atoms in total. The molecule has 0 saturated carbocycles. The van der Waals surface area contributed by atoms with Crippen LogP contribution in [0.15, 0.2) is 41.3 Å². The minimum absolute atomic E-state index is 0.0220. The molecule has 7 heteroatoms. The number of hydrogen-bond donors (Lipinski definition) is 1. The number of pyridine rings is 1. The van der Waals surface area contributed by atoms with Crippen molar-refractivity contribution in [2.45, 2.75) is 39.3 Å². The van der Waals surface area contributed by atoms with Crippen molar-refractivity contribution in [3.63, 3.8) is 0 Å². The van der Waals surface area contributed by atoms with Crippen LogP contribution in [-0.4, -0.2) is 41.3 Å². The number of aryl methyl sites for hydroxylation is 2. The largest absolute Gasteiger partial charge is 0.376 e. The van der Waals surface area contributed by atoms with E-state index in [4.69, 9.17) is 9.72 Å². The summed E-state index contributed by atoms with van der Waals surface area (Å²) in [5.74, 6) is 1.48. The number of nitrogens with zero attached hydrogens (tertiary/aromatic N) is 4. The van der Waals surface area contributed by atoms with Crippen LogP contribution in [-0.2, 0) is 18.2 Å². The summed E-state index contributed by atoms with van der Waals surface area (Å²) < 4.78 is 7.62. The molecule has 0 bridgehead atoms. The van der Waals surface area contributed by atoms with Gasteiger partial charge in [-0.2, -0.15) is 0 Å². The molecule has 2 aromatic heterocycles. The molecule has 1 aliphatic carbocycles. The van der Waals surface area contributed by atoms with Crippen LogP contribution in [0.1, 0.15) is 35.3 Å². The van der Waals surface area contributed by atoms with Crippen LogP contribution in [0.5, 0.6) is 0 Å². The molecule has 0 saturated heterocycles. The van der Waals surface area contributed by atoms with Crippen molar-refractivity contribution < 1.29 is 4.74 Å². The molecule has 0 aliphatic heterocycles. The lowest BCUT2D eigenvalue weighted by Gasteiger charge is -2.24. The quantitative estimate of drug-likeness (QED) is 0.640. The van der Waals surface area contributed by atoms with Gasteiger partial charge in [0, 0.05) is 45.9 Å². The van der Waals surface area contributed by atoms with E-state index < -0.39 is 0 Å². The van der Waals surface area contributed by atoms with Gasteiger partial charge >= 0.3 is 0 Å². The highest BCUT2D eigenvalue weighted by Gasteiger charge is 2.34. The van der Waals surface area contributed by atoms with Gasteiger partial charge in [-0.1, -0.05) is 24.3 Å². The Morgan fingerprint density at radius 3 is 2.69 bits per heavy atom. The van der Waals surface area contributed by atoms with Crippen molar-refractivity contribution in [3.8, 4) is 11.4 Å². The highest BCUT2D eigenvalue weighted by Crippen LogP contribution is 2.36. The van der Waals surface area contributed by atoms with Gasteiger partial charge < -0.3 is 15.0 Å². The second kappa shape index (κ2) is 8.74. The molecule has 1 aromatic carbocycles. The first-order valence-electron chi connectivity index (χ1n) is 11.0. The molecule has 168 valence electrons. The van der Waals surface area contributed by atoms with Crippen molar-refractivity contribution in [2.75, 3.05) is 30.9 Å². The van der Waals surface area contributed by atoms with Crippen LogP contribution in [0.2, 0.25) is 0 Å². The van der Waals surface area contributed by atoms with E-state index in [1.165, 1.54) is 11.1 Å². The predicted octanol–water partition coefficient (Wildman–Crippen LogP) is 3.64. The fourth-order valence-corrected chi connectivity index (χ4v) is 4.39. The molecule has 1 N–H and O–H groups in total. The number of benzene rings is 1. The summed E-state index contributed by atoms with van der Waals surface area (Å²) in [7, 11) is 5.67. The zero-order valence-electron chi connectivity index (χ0n) is 19.6. The van der Waals surface area contributed by atoms with Crippen LogP contribution < -0.4 is 15.8 Å². The second-order valence-electron chi connectivity index (χ2n) is 8.53. The third kappa shape index (κ3) is 3.88. The van der Waals surface area contributed by atoms with Gasteiger partial charge in [0.15, 0.2) is 0 Å². The molecule has 0 fully saturated rings. The average molecular weight is 434 g/mol. The Morgan fingerprint density at radius 2 is 2.00 bits per heavy atom. The first kappa shape index (κ1) is 22.0. The third-order valence-electron chi connectivity index (χ3n) is 6.13. The minimum atomic E-state index is -0.108. The Hall–Kier alpha value is -3.19. The molecule has 0 amide bonds. The van der Waals surface area contributed by atoms with Crippen molar-refractivity contribution in [3.05, 3.63) is 69.3 Å². The van der Waals surface area contributed by atoms with Crippen LogP contribution in [0, 0.1) is 13.8 Å². The van der Waals surface area contributed by atoms with Crippen LogP contribution in [0.4, 0.5) is 11.5 Å². The van der Waals surface area contributed by atoms with Crippen molar-refractivity contribution >= 4 is 11.5 Å². The first-order chi connectivity index (χ1) is 15.3. The maximum Gasteiger partial charge on any atom is 0.277 e. The van der Waals surface area contributed by atoms with Gasteiger partial charge in [0.2, 0.25) is 0 Å². The fraction of sp³-hybridized carbons (Fsp3) is 0.400. The fourth-order valence-electron chi connectivity index (χ4n) is 4.39. The van der Waals surface area contributed by atoms with Crippen LogP contribution >= 0.6 is 0 Å². The second-order valence-corrected chi connectivity index (χ2v) is 8.53. The zero-order chi connectivity index (χ0) is 23.0. The molecular formula is C25H31N5O2. The van der Waals surface area contributed by atoms with Gasteiger partial charge in [-0.05, 0) is 43.5 Å². The zero-order valence-corrected chi connectivity index (χ0v) is 19.6. The summed E-state index contributed by atoms with van der Waals surface area (Å²) in [6, 6.07) is 10.2. The Morgan fingerprint density at radius 1 is 1.25 bits per heavy atom. The molecular weight excluding hydrogens is 402 g/mol. The molecule has 1 unspecified atom stereocenters. The summed E-state index contributed by atoms with van der Waals surface area (Å²) in [5, 5.41) is 3.48. The van der Waals surface area contributed by atoms with E-state index >= 15 is 0 Å². The normalized spacial score (nSPS) is 17.3. The van der Waals surface area contributed by atoms with E-state index in [0.29, 0.717) is 23.8 Å². The molecule has 1 aliphatic rings. The molecule has 2 heterocycles. The Labute approximate surface area is 189 Å². The maximum atomic E-state index is 13.4. The van der Waals surface area contributed by atoms with Crippen molar-refractivity contribution in [1.82, 2.24) is 14.5 Å². The van der Waals surface area contributed by atoms with E-state index in [1.807, 2.05) is 58.0 Å². The standard InChI is InChI=1S/C25H31N5O2/c1-7-32-20-13-17-10-8-9-11-18(17)23(20)28-22-16(3)27-24(30(6)25(22)31)19-14-26-21(29(4)5)12-15(19)2/h8-12,14,20,23,28H,7,13H2,1-6H3/t20-,23?/m0/s1. The lowest BCUT2D eigenvalue weighted by Crippen LogP contribution is -2.31. The van der Waals surface area contributed by atoms with E-state index in [2.05, 4.69) is 22.4 Å². The lowest BCUT2D eigenvalue weighted by atomic mass is 10.1. The molecule has 32 heavy (non-hydrogen) atoms. The van der Waals surface area contributed by atoms with E-state index in [9.17, 15) is 4.79 Å². The Balaban J connectivity index is 1.73. The number of hydrogen-bond acceptors (Lipinski definition) is 6. The van der Waals surface area contributed by atoms with Gasteiger partial charge in [-0.3, -0.25) is 9.36 Å². The third-order valence-corrected chi connectivity index (χ3v) is 6.13. The van der Waals surface area contributed by atoms with Gasteiger partial charge in [0.05, 0.1) is 17.8 Å². The first-order valence-corrected chi connectivity index (χ1v) is 11.0. The Bertz CT molecular complexity index is 1200. The van der Waals surface area contributed by atoms with E-state index in [1.54, 1.807) is 17.8 Å². The monoisotopic (exact) mass is 433 g/mol. The highest BCUT2D eigenvalue weighted by molar-refractivity contribution is 5.64. The minimum Gasteiger partial charge on any atom is -0.376 e. The Kier molecular flexibility index (Phi) is 6.02. The SMILES string of the molecule is CCO[C@H]1Cc2ccccc2C1Nc1c(C)nc(-c2cnc(N(C)C)cc2C)n(C)c1=O. The maximum absolute atomic E-state index is 13.4. The average Bonchev–Trinajstić information content (AvgIpc) is 3.11. The number of ether oxygens (including phenoxy) is 1. The van der Waals surface area contributed by atoms with Crippen LogP contribution in [0.3, 0.4) is 0 Å². The smallest absolute Gasteiger partial charge is 0.277 e. The molecule has 4 rings (SSSR count). The summed E-state index contributed by atoms with van der Waals surface area (Å²) in [6.07, 6.45) is 2.60. The number of fused-ring (bicyclic) bond motifs is 1. The number of anilines is 2. The lowest BCUT2D eigenvalue weighted by molar-refractivity contribution is 0.0574. The number of aromatic nitrogens is 3. The molecule has 2 atom stereocenters. The predicted molar refractivity (Wildman–Crippen MR) is 128 cm³/mol. The molecule has 0 spiro atoms. The number of nitrogens with one attached hydrogen (secondary N) is 1. The van der Waals surface area contributed by atoms with Gasteiger partial charge in [0.1, 0.15) is 17.3 Å². The summed E-state index contributed by atoms with van der Waals surface area (Å²) in [5.41, 5.74) is 5.37. The number of rotatable bonds is 6. The molecule has 3 aromatic rings. The topological polar surface area (TPSA) is 72.3 Å². The summed E-state index contributed by atoms with van der Waals surface area (Å²) in [4.78, 5) is 24.7. The van der Waals surface area contributed by atoms with Gasteiger partial charge in [-0.15, -0.1) is 0 Å². The van der Waals surface area contributed by atoms with E-state index in [-0.39, 0.29) is 17.7 Å². The van der Waals surface area contributed by atoms with E-state index in [0.717, 1.165) is 23.4 Å². The summed E-state index contributed by atoms with van der Waals surface area (Å²) >= 11 is 0. The van der Waals surface area contributed by atoms with Crippen molar-refractivity contribution in [1.29, 1.82) is 0 Å². The van der Waals surface area contributed by atoms with Gasteiger partial charge in [-0.25, -0.2) is 9.97 Å². The van der Waals surface area contributed by atoms with Crippen LogP contribution in [0.25, 0.3) is 11.4 Å². The van der Waals surface area contributed by atoms with Crippen molar-refractivity contribution in [2.24, 2.45) is 7.05 Å². The molecule has 0 radical (unpaired) electrons. The highest BCUT2D eigenvalue weighted by atomic mass is 16.5. The summed E-state index contributed by atoms with van der Waals surface area (Å²) in [6.45, 7) is 6.51.